The van der Waals surface area contributed by atoms with Crippen LogP contribution in [-0.2, 0) is 4.79 Å². The number of carbonyl (C=O) groups is 1. The third-order valence-electron chi connectivity index (χ3n) is 3.16. The van der Waals surface area contributed by atoms with Gasteiger partial charge in [0.1, 0.15) is 17.2 Å². The van der Waals surface area contributed by atoms with Gasteiger partial charge in [0.05, 0.1) is 5.75 Å². The maximum Gasteiger partial charge on any atom is 0.313 e. The summed E-state index contributed by atoms with van der Waals surface area (Å²) in [6.07, 6.45) is 2.77. The van der Waals surface area contributed by atoms with Crippen LogP contribution in [0.15, 0.2) is 17.4 Å². The Kier molecular flexibility index (Phi) is 4.63. The molecule has 0 amide bonds. The Hall–Kier alpha value is -1.30. The number of aliphatic carboxylic acids is 1. The number of aromatic nitrogens is 2. The number of hydrogen-bond donors (Lipinski definition) is 1. The third kappa shape index (κ3) is 4.09. The van der Waals surface area contributed by atoms with Crippen LogP contribution in [-0.4, -0.2) is 39.9 Å². The molecule has 2 atom stereocenters. The van der Waals surface area contributed by atoms with Crippen molar-refractivity contribution in [1.82, 2.24) is 9.97 Å². The van der Waals surface area contributed by atoms with Gasteiger partial charge < -0.3 is 10.0 Å². The van der Waals surface area contributed by atoms with Gasteiger partial charge in [0.15, 0.2) is 0 Å². The molecule has 0 aliphatic carbocycles. The SMILES string of the molecule is CC1CC(C)CN(c2cc(SCC(=O)O)ncn2)C1. The monoisotopic (exact) mass is 281 g/mol. The average molecular weight is 281 g/mol. The molecule has 2 rings (SSSR count). The molecule has 19 heavy (non-hydrogen) atoms. The van der Waals surface area contributed by atoms with Gasteiger partial charge in [-0.25, -0.2) is 9.97 Å². The normalized spacial score (nSPS) is 23.4. The van der Waals surface area contributed by atoms with Gasteiger partial charge in [-0.05, 0) is 18.3 Å². The summed E-state index contributed by atoms with van der Waals surface area (Å²) in [5.41, 5.74) is 0. The van der Waals surface area contributed by atoms with Gasteiger partial charge in [-0.15, -0.1) is 0 Å². The van der Waals surface area contributed by atoms with Gasteiger partial charge in [-0.2, -0.15) is 0 Å². The van der Waals surface area contributed by atoms with Crippen molar-refractivity contribution in [2.75, 3.05) is 23.7 Å². The summed E-state index contributed by atoms with van der Waals surface area (Å²) in [4.78, 5) is 21.3. The number of thioether (sulfide) groups is 1. The van der Waals surface area contributed by atoms with E-state index < -0.39 is 5.97 Å². The van der Waals surface area contributed by atoms with E-state index >= 15 is 0 Å². The Morgan fingerprint density at radius 1 is 1.42 bits per heavy atom. The van der Waals surface area contributed by atoms with Crippen molar-refractivity contribution in [1.29, 1.82) is 0 Å². The van der Waals surface area contributed by atoms with Crippen molar-refractivity contribution in [3.8, 4) is 0 Å². The second-order valence-corrected chi connectivity index (χ2v) is 6.24. The molecule has 0 radical (unpaired) electrons. The lowest BCUT2D eigenvalue weighted by Gasteiger charge is -2.35. The van der Waals surface area contributed by atoms with Crippen LogP contribution < -0.4 is 4.90 Å². The fourth-order valence-electron chi connectivity index (χ4n) is 2.57. The zero-order chi connectivity index (χ0) is 13.8. The van der Waals surface area contributed by atoms with E-state index in [1.165, 1.54) is 24.5 Å². The standard InChI is InChI=1S/C13H19N3O2S/c1-9-3-10(2)6-16(5-9)11-4-12(15-8-14-11)19-7-13(17)18/h4,8-10H,3,5-7H2,1-2H3,(H,17,18). The van der Waals surface area contributed by atoms with Crippen LogP contribution in [0.25, 0.3) is 0 Å². The highest BCUT2D eigenvalue weighted by Crippen LogP contribution is 2.26. The zero-order valence-electron chi connectivity index (χ0n) is 11.2. The number of hydrogen-bond acceptors (Lipinski definition) is 5. The Labute approximate surface area is 117 Å². The van der Waals surface area contributed by atoms with Crippen LogP contribution in [0.1, 0.15) is 20.3 Å². The van der Waals surface area contributed by atoms with Gasteiger partial charge in [0.25, 0.3) is 0 Å². The van der Waals surface area contributed by atoms with Crippen LogP contribution in [0.5, 0.6) is 0 Å². The second-order valence-electron chi connectivity index (χ2n) is 5.25. The van der Waals surface area contributed by atoms with E-state index in [1.807, 2.05) is 6.07 Å². The van der Waals surface area contributed by atoms with E-state index in [0.717, 1.165) is 23.9 Å². The smallest absolute Gasteiger partial charge is 0.313 e. The molecule has 0 bridgehead atoms. The molecule has 1 aliphatic rings. The number of carboxylic acid groups (broad SMARTS) is 1. The first-order chi connectivity index (χ1) is 9.04. The molecule has 1 aromatic rings. The summed E-state index contributed by atoms with van der Waals surface area (Å²) in [6, 6.07) is 1.89. The minimum atomic E-state index is -0.828. The Balaban J connectivity index is 2.07. The average Bonchev–Trinajstić information content (AvgIpc) is 2.35. The van der Waals surface area contributed by atoms with Crippen LogP contribution in [0.4, 0.5) is 5.82 Å². The molecule has 0 spiro atoms. The molecule has 1 aliphatic heterocycles. The quantitative estimate of drug-likeness (QED) is 0.673. The molecule has 1 fully saturated rings. The van der Waals surface area contributed by atoms with Crippen molar-refractivity contribution >= 4 is 23.5 Å². The summed E-state index contributed by atoms with van der Waals surface area (Å²) in [5, 5.41) is 9.41. The molecule has 0 saturated carbocycles. The highest BCUT2D eigenvalue weighted by Gasteiger charge is 2.23. The van der Waals surface area contributed by atoms with Crippen molar-refractivity contribution in [3.05, 3.63) is 12.4 Å². The Bertz CT molecular complexity index is 445. The van der Waals surface area contributed by atoms with Gasteiger partial charge in [0, 0.05) is 19.2 Å². The highest BCUT2D eigenvalue weighted by molar-refractivity contribution is 7.99. The largest absolute Gasteiger partial charge is 0.481 e. The molecule has 2 unspecified atom stereocenters. The molecule has 5 nitrogen and oxygen atoms in total. The molecule has 1 N–H and O–H groups in total. The van der Waals surface area contributed by atoms with E-state index in [1.54, 1.807) is 0 Å². The molecule has 0 aromatic carbocycles. The molecular weight excluding hydrogens is 262 g/mol. The summed E-state index contributed by atoms with van der Waals surface area (Å²) in [5.74, 6) is 1.43. The Morgan fingerprint density at radius 3 is 2.74 bits per heavy atom. The molecule has 2 heterocycles. The molecule has 104 valence electrons. The van der Waals surface area contributed by atoms with Gasteiger partial charge in [-0.3, -0.25) is 4.79 Å². The van der Waals surface area contributed by atoms with Crippen molar-refractivity contribution in [2.24, 2.45) is 11.8 Å². The maximum absolute atomic E-state index is 10.6. The van der Waals surface area contributed by atoms with E-state index in [4.69, 9.17) is 5.11 Å². The van der Waals surface area contributed by atoms with Gasteiger partial charge in [-0.1, -0.05) is 25.6 Å². The molecule has 1 saturated heterocycles. The maximum atomic E-state index is 10.6. The predicted octanol–water partition coefficient (Wildman–Crippen LogP) is 2.14. The van der Waals surface area contributed by atoms with Crippen LogP contribution in [0.2, 0.25) is 0 Å². The number of anilines is 1. The summed E-state index contributed by atoms with van der Waals surface area (Å²) >= 11 is 1.23. The van der Waals surface area contributed by atoms with E-state index in [2.05, 4.69) is 28.7 Å². The van der Waals surface area contributed by atoms with Crippen molar-refractivity contribution < 1.29 is 9.90 Å². The first-order valence-corrected chi connectivity index (χ1v) is 7.44. The summed E-state index contributed by atoms with van der Waals surface area (Å²) < 4.78 is 0. The number of carboxylic acids is 1. The summed E-state index contributed by atoms with van der Waals surface area (Å²) in [6.45, 7) is 6.52. The van der Waals surface area contributed by atoms with E-state index in [9.17, 15) is 4.79 Å². The molecule has 6 heteroatoms. The Morgan fingerprint density at radius 2 is 2.11 bits per heavy atom. The lowest BCUT2D eigenvalue weighted by molar-refractivity contribution is -0.133. The molecular formula is C13H19N3O2S. The van der Waals surface area contributed by atoms with Crippen LogP contribution in [0, 0.1) is 11.8 Å². The van der Waals surface area contributed by atoms with Gasteiger partial charge >= 0.3 is 5.97 Å². The highest BCUT2D eigenvalue weighted by atomic mass is 32.2. The molecule has 1 aromatic heterocycles. The first kappa shape index (κ1) is 14.1. The zero-order valence-corrected chi connectivity index (χ0v) is 12.1. The minimum Gasteiger partial charge on any atom is -0.481 e. The number of nitrogens with zero attached hydrogens (tertiary/aromatic N) is 3. The number of rotatable bonds is 4. The first-order valence-electron chi connectivity index (χ1n) is 6.46. The lowest BCUT2D eigenvalue weighted by Crippen LogP contribution is -2.39. The van der Waals surface area contributed by atoms with Crippen molar-refractivity contribution in [3.63, 3.8) is 0 Å². The summed E-state index contributed by atoms with van der Waals surface area (Å²) in [7, 11) is 0. The van der Waals surface area contributed by atoms with Crippen molar-refractivity contribution in [2.45, 2.75) is 25.3 Å². The fraction of sp³-hybridized carbons (Fsp3) is 0.615. The van der Waals surface area contributed by atoms with Crippen LogP contribution >= 0.6 is 11.8 Å². The second kappa shape index (κ2) is 6.23. The van der Waals surface area contributed by atoms with E-state index in [-0.39, 0.29) is 5.75 Å². The third-order valence-corrected chi connectivity index (χ3v) is 4.07. The van der Waals surface area contributed by atoms with Crippen LogP contribution in [0.3, 0.4) is 0 Å². The number of piperidine rings is 1. The fourth-order valence-corrected chi connectivity index (χ4v) is 3.15. The van der Waals surface area contributed by atoms with Gasteiger partial charge in [0.2, 0.25) is 0 Å². The topological polar surface area (TPSA) is 66.3 Å². The lowest BCUT2D eigenvalue weighted by atomic mass is 9.92. The van der Waals surface area contributed by atoms with E-state index in [0.29, 0.717) is 11.8 Å². The predicted molar refractivity (Wildman–Crippen MR) is 75.5 cm³/mol. The minimum absolute atomic E-state index is 0.0310.